The second kappa shape index (κ2) is 5.67. The zero-order valence-electron chi connectivity index (χ0n) is 10.8. The van der Waals surface area contributed by atoms with Crippen LogP contribution >= 0.6 is 0 Å². The van der Waals surface area contributed by atoms with E-state index in [2.05, 4.69) is 11.9 Å². The van der Waals surface area contributed by atoms with Gasteiger partial charge in [0, 0.05) is 13.6 Å². The summed E-state index contributed by atoms with van der Waals surface area (Å²) in [5, 5.41) is 3.42. The lowest BCUT2D eigenvalue weighted by Gasteiger charge is -2.24. The van der Waals surface area contributed by atoms with Gasteiger partial charge in [-0.3, -0.25) is 4.79 Å². The number of fused-ring (bicyclic) bond motifs is 1. The zero-order chi connectivity index (χ0) is 12.3. The quantitative estimate of drug-likeness (QED) is 0.583. The summed E-state index contributed by atoms with van der Waals surface area (Å²) in [5.74, 6) is 1.65. The topological polar surface area (TPSA) is 32.3 Å². The molecule has 3 unspecified atom stereocenters. The van der Waals surface area contributed by atoms with Crippen molar-refractivity contribution in [3.05, 3.63) is 12.7 Å². The molecule has 0 aromatic heterocycles. The van der Waals surface area contributed by atoms with Gasteiger partial charge in [0.05, 0.1) is 6.04 Å². The molecule has 3 atom stereocenters. The number of rotatable bonds is 5. The fourth-order valence-corrected chi connectivity index (χ4v) is 3.28. The average Bonchev–Trinajstić information content (AvgIpc) is 2.90. The van der Waals surface area contributed by atoms with Crippen LogP contribution in [0, 0.1) is 11.8 Å². The minimum absolute atomic E-state index is 0.0937. The predicted molar refractivity (Wildman–Crippen MR) is 69.7 cm³/mol. The number of amides is 1. The Morgan fingerprint density at radius 2 is 2.35 bits per heavy atom. The Morgan fingerprint density at radius 3 is 3.12 bits per heavy atom. The van der Waals surface area contributed by atoms with Crippen LogP contribution in [0.25, 0.3) is 0 Å². The van der Waals surface area contributed by atoms with E-state index in [0.717, 1.165) is 31.8 Å². The second-order valence-corrected chi connectivity index (χ2v) is 5.43. The second-order valence-electron chi connectivity index (χ2n) is 5.43. The summed E-state index contributed by atoms with van der Waals surface area (Å²) in [7, 11) is 1.93. The van der Waals surface area contributed by atoms with Crippen LogP contribution in [0.1, 0.15) is 32.1 Å². The molecule has 2 aliphatic rings. The number of unbranched alkanes of at least 4 members (excludes halogenated alkanes) is 1. The van der Waals surface area contributed by atoms with Crippen LogP contribution in [0.3, 0.4) is 0 Å². The monoisotopic (exact) mass is 236 g/mol. The lowest BCUT2D eigenvalue weighted by atomic mass is 9.93. The minimum Gasteiger partial charge on any atom is -0.344 e. The number of nitrogens with zero attached hydrogens (tertiary/aromatic N) is 1. The molecule has 1 saturated heterocycles. The Kier molecular flexibility index (Phi) is 4.21. The van der Waals surface area contributed by atoms with E-state index >= 15 is 0 Å². The van der Waals surface area contributed by atoms with E-state index in [9.17, 15) is 4.79 Å². The van der Waals surface area contributed by atoms with Gasteiger partial charge in [-0.05, 0) is 44.1 Å². The molecule has 0 bridgehead atoms. The largest absolute Gasteiger partial charge is 0.344 e. The molecule has 96 valence electrons. The fourth-order valence-electron chi connectivity index (χ4n) is 3.28. The third-order valence-electron chi connectivity index (χ3n) is 4.29. The summed E-state index contributed by atoms with van der Waals surface area (Å²) in [4.78, 5) is 14.2. The number of allylic oxidation sites excluding steroid dienone is 1. The van der Waals surface area contributed by atoms with Crippen LogP contribution in [0.4, 0.5) is 0 Å². The highest BCUT2D eigenvalue weighted by Crippen LogP contribution is 2.38. The lowest BCUT2D eigenvalue weighted by molar-refractivity contribution is -0.132. The van der Waals surface area contributed by atoms with E-state index in [1.165, 1.54) is 19.3 Å². The first-order valence-electron chi connectivity index (χ1n) is 6.83. The van der Waals surface area contributed by atoms with E-state index in [1.807, 2.05) is 18.0 Å². The first-order valence-corrected chi connectivity index (χ1v) is 6.83. The molecule has 0 radical (unpaired) electrons. The van der Waals surface area contributed by atoms with Crippen molar-refractivity contribution in [1.29, 1.82) is 0 Å². The highest BCUT2D eigenvalue weighted by Gasteiger charge is 2.43. The molecule has 1 saturated carbocycles. The van der Waals surface area contributed by atoms with Crippen molar-refractivity contribution in [3.8, 4) is 0 Å². The van der Waals surface area contributed by atoms with Crippen molar-refractivity contribution in [2.75, 3.05) is 20.1 Å². The Bertz CT molecular complexity index is 290. The van der Waals surface area contributed by atoms with Crippen LogP contribution in [0.15, 0.2) is 12.7 Å². The molecule has 1 heterocycles. The number of likely N-dealkylation sites (N-methyl/N-ethyl adjacent to an activating group) is 1. The highest BCUT2D eigenvalue weighted by molar-refractivity contribution is 5.82. The summed E-state index contributed by atoms with van der Waals surface area (Å²) in [5.41, 5.74) is 0. The standard InChI is InChI=1S/C14H24N2O/c1-3-4-5-9-16(2)14(17)13-12-8-6-7-11(12)10-15-13/h3,11-13,15H,1,4-10H2,2H3. The van der Waals surface area contributed by atoms with Gasteiger partial charge in [0.1, 0.15) is 0 Å². The van der Waals surface area contributed by atoms with Crippen molar-refractivity contribution >= 4 is 5.91 Å². The minimum atomic E-state index is 0.0937. The fraction of sp³-hybridized carbons (Fsp3) is 0.786. The van der Waals surface area contributed by atoms with E-state index in [1.54, 1.807) is 0 Å². The number of carbonyl (C=O) groups excluding carboxylic acids is 1. The van der Waals surface area contributed by atoms with E-state index in [4.69, 9.17) is 0 Å². The van der Waals surface area contributed by atoms with E-state index in [-0.39, 0.29) is 6.04 Å². The summed E-state index contributed by atoms with van der Waals surface area (Å²) in [6.07, 6.45) is 7.77. The molecule has 0 spiro atoms. The maximum Gasteiger partial charge on any atom is 0.239 e. The van der Waals surface area contributed by atoms with Crippen LogP contribution in [-0.2, 0) is 4.79 Å². The molecule has 2 rings (SSSR count). The van der Waals surface area contributed by atoms with Crippen LogP contribution in [0.5, 0.6) is 0 Å². The van der Waals surface area contributed by atoms with Crippen molar-refractivity contribution in [3.63, 3.8) is 0 Å². The Balaban J connectivity index is 1.84. The van der Waals surface area contributed by atoms with Gasteiger partial charge in [-0.25, -0.2) is 0 Å². The van der Waals surface area contributed by atoms with Gasteiger partial charge in [-0.1, -0.05) is 12.5 Å². The Morgan fingerprint density at radius 1 is 1.53 bits per heavy atom. The van der Waals surface area contributed by atoms with Gasteiger partial charge < -0.3 is 10.2 Å². The van der Waals surface area contributed by atoms with E-state index < -0.39 is 0 Å². The lowest BCUT2D eigenvalue weighted by Crippen LogP contribution is -2.45. The van der Waals surface area contributed by atoms with Crippen LogP contribution in [0.2, 0.25) is 0 Å². The van der Waals surface area contributed by atoms with Crippen molar-refractivity contribution in [2.45, 2.75) is 38.1 Å². The Labute approximate surface area is 104 Å². The first kappa shape index (κ1) is 12.6. The third-order valence-corrected chi connectivity index (χ3v) is 4.29. The van der Waals surface area contributed by atoms with Gasteiger partial charge >= 0.3 is 0 Å². The van der Waals surface area contributed by atoms with Gasteiger partial charge in [0.25, 0.3) is 0 Å². The maximum absolute atomic E-state index is 12.3. The summed E-state index contributed by atoms with van der Waals surface area (Å²) in [6.45, 7) is 5.60. The van der Waals surface area contributed by atoms with Crippen molar-refractivity contribution in [1.82, 2.24) is 10.2 Å². The molecule has 3 heteroatoms. The number of nitrogens with one attached hydrogen (secondary N) is 1. The van der Waals surface area contributed by atoms with Crippen molar-refractivity contribution in [2.24, 2.45) is 11.8 Å². The smallest absolute Gasteiger partial charge is 0.239 e. The van der Waals surface area contributed by atoms with Gasteiger partial charge in [0.2, 0.25) is 5.91 Å². The molecular formula is C14H24N2O. The zero-order valence-corrected chi connectivity index (χ0v) is 10.8. The van der Waals surface area contributed by atoms with Gasteiger partial charge in [-0.15, -0.1) is 6.58 Å². The highest BCUT2D eigenvalue weighted by atomic mass is 16.2. The predicted octanol–water partition coefficient (Wildman–Crippen LogP) is 1.80. The average molecular weight is 236 g/mol. The number of hydrogen-bond donors (Lipinski definition) is 1. The molecular weight excluding hydrogens is 212 g/mol. The summed E-state index contributed by atoms with van der Waals surface area (Å²) >= 11 is 0. The van der Waals surface area contributed by atoms with Gasteiger partial charge in [0.15, 0.2) is 0 Å². The Hall–Kier alpha value is -0.830. The van der Waals surface area contributed by atoms with Crippen LogP contribution < -0.4 is 5.32 Å². The van der Waals surface area contributed by atoms with E-state index in [0.29, 0.717) is 11.8 Å². The SMILES string of the molecule is C=CCCCN(C)C(=O)C1NCC2CCCC21. The summed E-state index contributed by atoms with van der Waals surface area (Å²) in [6, 6.07) is 0.0937. The van der Waals surface area contributed by atoms with Gasteiger partial charge in [-0.2, -0.15) is 0 Å². The van der Waals surface area contributed by atoms with Crippen molar-refractivity contribution < 1.29 is 4.79 Å². The summed E-state index contributed by atoms with van der Waals surface area (Å²) < 4.78 is 0. The molecule has 3 nitrogen and oxygen atoms in total. The first-order chi connectivity index (χ1) is 8.24. The molecule has 1 aliphatic heterocycles. The molecule has 2 fully saturated rings. The molecule has 1 N–H and O–H groups in total. The molecule has 0 aromatic rings. The molecule has 0 aromatic carbocycles. The number of hydrogen-bond acceptors (Lipinski definition) is 2. The molecule has 1 aliphatic carbocycles. The third kappa shape index (κ3) is 2.71. The molecule has 17 heavy (non-hydrogen) atoms. The molecule has 1 amide bonds. The maximum atomic E-state index is 12.3. The van der Waals surface area contributed by atoms with Crippen LogP contribution in [-0.4, -0.2) is 37.0 Å². The normalized spacial score (nSPS) is 31.2. The number of carbonyl (C=O) groups is 1.